The number of fused-ring (bicyclic) bond motifs is 1. The van der Waals surface area contributed by atoms with Crippen molar-refractivity contribution in [3.05, 3.63) is 82.3 Å². The van der Waals surface area contributed by atoms with Crippen LogP contribution < -0.4 is 5.32 Å². The smallest absolute Gasteiger partial charge is 0.255 e. The van der Waals surface area contributed by atoms with E-state index in [1.165, 1.54) is 5.56 Å². The Bertz CT molecular complexity index is 1170. The van der Waals surface area contributed by atoms with Crippen LogP contribution in [0.4, 0.5) is 5.69 Å². The Morgan fingerprint density at radius 2 is 1.90 bits per heavy atom. The van der Waals surface area contributed by atoms with Gasteiger partial charge in [0.2, 0.25) is 5.89 Å². The molecule has 5 heteroatoms. The molecule has 0 saturated heterocycles. The van der Waals surface area contributed by atoms with Gasteiger partial charge in [-0.3, -0.25) is 4.79 Å². The van der Waals surface area contributed by atoms with Crippen LogP contribution in [-0.2, 0) is 0 Å². The van der Waals surface area contributed by atoms with Crippen LogP contribution in [0.25, 0.3) is 22.6 Å². The van der Waals surface area contributed by atoms with Crippen molar-refractivity contribution < 1.29 is 9.21 Å². The highest BCUT2D eigenvalue weighted by Gasteiger charge is 2.12. The van der Waals surface area contributed by atoms with E-state index in [0.717, 1.165) is 27.6 Å². The summed E-state index contributed by atoms with van der Waals surface area (Å²) in [6, 6.07) is 21.0. The first-order valence-corrected chi connectivity index (χ1v) is 10.4. The van der Waals surface area contributed by atoms with Gasteiger partial charge < -0.3 is 9.73 Å². The molecular formula is C24H21BrN2O2. The van der Waals surface area contributed by atoms with Gasteiger partial charge in [0.1, 0.15) is 5.52 Å². The Morgan fingerprint density at radius 3 is 2.62 bits per heavy atom. The predicted molar refractivity (Wildman–Crippen MR) is 120 cm³/mol. The van der Waals surface area contributed by atoms with Gasteiger partial charge in [0.05, 0.1) is 0 Å². The van der Waals surface area contributed by atoms with E-state index in [1.807, 2.05) is 42.5 Å². The summed E-state index contributed by atoms with van der Waals surface area (Å²) in [4.78, 5) is 17.0. The lowest BCUT2D eigenvalue weighted by molar-refractivity contribution is 0.102. The summed E-state index contributed by atoms with van der Waals surface area (Å²) in [5.74, 6) is 0.914. The number of carbonyl (C=O) groups excluding carboxylic acids is 1. The molecule has 1 atom stereocenters. The Morgan fingerprint density at radius 1 is 1.10 bits per heavy atom. The van der Waals surface area contributed by atoms with Crippen LogP contribution in [0, 0.1) is 0 Å². The molecule has 3 aromatic carbocycles. The molecule has 0 aliphatic rings. The maximum Gasteiger partial charge on any atom is 0.255 e. The highest BCUT2D eigenvalue weighted by Crippen LogP contribution is 2.28. The van der Waals surface area contributed by atoms with Gasteiger partial charge in [0.25, 0.3) is 5.91 Å². The van der Waals surface area contributed by atoms with E-state index in [-0.39, 0.29) is 5.91 Å². The molecule has 29 heavy (non-hydrogen) atoms. The molecule has 0 aliphatic carbocycles. The zero-order chi connectivity index (χ0) is 20.4. The minimum atomic E-state index is -0.154. The van der Waals surface area contributed by atoms with E-state index in [9.17, 15) is 4.79 Å². The third-order valence-corrected chi connectivity index (χ3v) is 5.56. The molecule has 1 aromatic heterocycles. The van der Waals surface area contributed by atoms with Gasteiger partial charge in [0, 0.05) is 21.3 Å². The van der Waals surface area contributed by atoms with E-state index in [1.54, 1.807) is 12.1 Å². The standard InChI is InChI=1S/C24H21BrN2O2/c1-3-15(2)17-9-12-22-21(14-17)27-24(29-22)16-7-10-20(11-8-16)26-23(28)18-5-4-6-19(25)13-18/h4-15H,3H2,1-2H3,(H,26,28)/t15-/m1/s1. The third-order valence-electron chi connectivity index (χ3n) is 5.07. The highest BCUT2D eigenvalue weighted by atomic mass is 79.9. The minimum absolute atomic E-state index is 0.154. The minimum Gasteiger partial charge on any atom is -0.436 e. The zero-order valence-electron chi connectivity index (χ0n) is 16.3. The number of aromatic nitrogens is 1. The predicted octanol–water partition coefficient (Wildman–Crippen LogP) is 7.02. The maximum absolute atomic E-state index is 12.4. The zero-order valence-corrected chi connectivity index (χ0v) is 17.9. The molecule has 0 aliphatic heterocycles. The van der Waals surface area contributed by atoms with E-state index in [4.69, 9.17) is 4.42 Å². The van der Waals surface area contributed by atoms with Gasteiger partial charge in [-0.25, -0.2) is 4.98 Å². The van der Waals surface area contributed by atoms with Crippen molar-refractivity contribution >= 4 is 38.6 Å². The summed E-state index contributed by atoms with van der Waals surface area (Å²) in [5.41, 5.74) is 5.09. The topological polar surface area (TPSA) is 55.1 Å². The normalized spacial score (nSPS) is 12.1. The highest BCUT2D eigenvalue weighted by molar-refractivity contribution is 9.10. The molecule has 146 valence electrons. The monoisotopic (exact) mass is 448 g/mol. The summed E-state index contributed by atoms with van der Waals surface area (Å²) in [5, 5.41) is 2.91. The molecule has 1 N–H and O–H groups in total. The summed E-state index contributed by atoms with van der Waals surface area (Å²) in [6.45, 7) is 4.39. The lowest BCUT2D eigenvalue weighted by atomic mass is 9.98. The number of anilines is 1. The van der Waals surface area contributed by atoms with Gasteiger partial charge >= 0.3 is 0 Å². The molecular weight excluding hydrogens is 428 g/mol. The van der Waals surface area contributed by atoms with Crippen LogP contribution in [-0.4, -0.2) is 10.9 Å². The Hall–Kier alpha value is -2.92. The van der Waals surface area contributed by atoms with E-state index in [0.29, 0.717) is 23.1 Å². The molecule has 0 fully saturated rings. The molecule has 4 aromatic rings. The van der Waals surface area contributed by atoms with Crippen molar-refractivity contribution in [2.45, 2.75) is 26.2 Å². The molecule has 0 saturated carbocycles. The molecule has 0 radical (unpaired) electrons. The van der Waals surface area contributed by atoms with Gasteiger partial charge in [-0.2, -0.15) is 0 Å². The number of oxazole rings is 1. The van der Waals surface area contributed by atoms with Gasteiger partial charge in [-0.05, 0) is 72.5 Å². The third kappa shape index (κ3) is 4.25. The fraction of sp³-hybridized carbons (Fsp3) is 0.167. The Kier molecular flexibility index (Phi) is 5.49. The first-order valence-electron chi connectivity index (χ1n) is 9.61. The first-order chi connectivity index (χ1) is 14.0. The van der Waals surface area contributed by atoms with Crippen molar-refractivity contribution in [3.8, 4) is 11.5 Å². The van der Waals surface area contributed by atoms with Crippen molar-refractivity contribution in [3.63, 3.8) is 0 Å². The fourth-order valence-electron chi connectivity index (χ4n) is 3.14. The summed E-state index contributed by atoms with van der Waals surface area (Å²) >= 11 is 3.38. The quantitative estimate of drug-likeness (QED) is 0.356. The van der Waals surface area contributed by atoms with Crippen molar-refractivity contribution in [1.82, 2.24) is 4.98 Å². The van der Waals surface area contributed by atoms with Crippen molar-refractivity contribution in [2.75, 3.05) is 5.32 Å². The molecule has 0 unspecified atom stereocenters. The second kappa shape index (κ2) is 8.21. The number of rotatable bonds is 5. The van der Waals surface area contributed by atoms with Crippen molar-refractivity contribution in [1.29, 1.82) is 0 Å². The molecule has 1 amide bonds. The van der Waals surface area contributed by atoms with Crippen LogP contribution in [0.2, 0.25) is 0 Å². The molecule has 4 rings (SSSR count). The van der Waals surface area contributed by atoms with Crippen molar-refractivity contribution in [2.24, 2.45) is 0 Å². The Labute approximate surface area is 178 Å². The number of amides is 1. The van der Waals surface area contributed by atoms with Gasteiger partial charge in [-0.15, -0.1) is 0 Å². The summed E-state index contributed by atoms with van der Waals surface area (Å²) in [6.07, 6.45) is 1.09. The second-order valence-corrected chi connectivity index (χ2v) is 8.01. The van der Waals surface area contributed by atoms with Crippen LogP contribution in [0.15, 0.2) is 75.6 Å². The van der Waals surface area contributed by atoms with Crippen LogP contribution in [0.5, 0.6) is 0 Å². The lowest BCUT2D eigenvalue weighted by Crippen LogP contribution is -2.11. The maximum atomic E-state index is 12.4. The van der Waals surface area contributed by atoms with E-state index < -0.39 is 0 Å². The van der Waals surface area contributed by atoms with Gasteiger partial charge in [-0.1, -0.05) is 41.9 Å². The largest absolute Gasteiger partial charge is 0.436 e. The number of carbonyl (C=O) groups is 1. The summed E-state index contributed by atoms with van der Waals surface area (Å²) < 4.78 is 6.79. The molecule has 1 heterocycles. The molecule has 0 spiro atoms. The molecule has 0 bridgehead atoms. The number of nitrogens with zero attached hydrogens (tertiary/aromatic N) is 1. The number of hydrogen-bond acceptors (Lipinski definition) is 3. The molecule has 4 nitrogen and oxygen atoms in total. The second-order valence-electron chi connectivity index (χ2n) is 7.10. The average molecular weight is 449 g/mol. The first kappa shape index (κ1) is 19.4. The lowest BCUT2D eigenvalue weighted by Gasteiger charge is -2.07. The number of halogens is 1. The van der Waals surface area contributed by atoms with E-state index in [2.05, 4.69) is 52.2 Å². The number of nitrogens with one attached hydrogen (secondary N) is 1. The van der Waals surface area contributed by atoms with E-state index >= 15 is 0 Å². The van der Waals surface area contributed by atoms with Crippen LogP contribution in [0.3, 0.4) is 0 Å². The number of hydrogen-bond donors (Lipinski definition) is 1. The fourth-order valence-corrected chi connectivity index (χ4v) is 3.54. The van der Waals surface area contributed by atoms with Crippen LogP contribution >= 0.6 is 15.9 Å². The summed E-state index contributed by atoms with van der Waals surface area (Å²) in [7, 11) is 0. The van der Waals surface area contributed by atoms with Gasteiger partial charge in [0.15, 0.2) is 5.58 Å². The SMILES string of the molecule is CC[C@@H](C)c1ccc2oc(-c3ccc(NC(=O)c4cccc(Br)c4)cc3)nc2c1. The average Bonchev–Trinajstić information content (AvgIpc) is 3.17. The van der Waals surface area contributed by atoms with Crippen LogP contribution in [0.1, 0.15) is 42.1 Å². The number of benzene rings is 3. The Balaban J connectivity index is 1.53.